The fourth-order valence-electron chi connectivity index (χ4n) is 2.68. The summed E-state index contributed by atoms with van der Waals surface area (Å²) in [5.74, 6) is -0.169. The van der Waals surface area contributed by atoms with E-state index in [1.165, 1.54) is 0 Å². The van der Waals surface area contributed by atoms with Crippen LogP contribution in [-0.2, 0) is 11.3 Å². The Morgan fingerprint density at radius 3 is 2.55 bits per heavy atom. The number of nitrogens with zero attached hydrogens (tertiary/aromatic N) is 2. The Morgan fingerprint density at radius 2 is 1.86 bits per heavy atom. The molecule has 0 amide bonds. The molecule has 1 aromatic heterocycles. The Balaban J connectivity index is 2.30. The molecule has 112 valence electrons. The lowest BCUT2D eigenvalue weighted by Gasteiger charge is -2.08. The molecule has 0 radical (unpaired) electrons. The van der Waals surface area contributed by atoms with Gasteiger partial charge in [-0.05, 0) is 50.1 Å². The fraction of sp³-hybridized carbons (Fsp3) is 0.222. The molecule has 0 unspecified atom stereocenters. The summed E-state index contributed by atoms with van der Waals surface area (Å²) in [6.07, 6.45) is 0. The van der Waals surface area contributed by atoms with E-state index in [4.69, 9.17) is 0 Å². The van der Waals surface area contributed by atoms with Gasteiger partial charge in [0.15, 0.2) is 0 Å². The van der Waals surface area contributed by atoms with Crippen molar-refractivity contribution in [3.8, 4) is 11.4 Å². The maximum Gasteiger partial charge on any atom is 0.323 e. The van der Waals surface area contributed by atoms with Crippen molar-refractivity contribution >= 4 is 17.0 Å². The molecule has 0 aliphatic rings. The largest absolute Gasteiger partial charge is 0.480 e. The lowest BCUT2D eigenvalue weighted by molar-refractivity contribution is -0.137. The van der Waals surface area contributed by atoms with E-state index >= 15 is 0 Å². The summed E-state index contributed by atoms with van der Waals surface area (Å²) in [5, 5.41) is 9.25. The maximum atomic E-state index is 11.3. The van der Waals surface area contributed by atoms with E-state index in [0.717, 1.165) is 33.3 Å². The second kappa shape index (κ2) is 5.30. The molecule has 0 spiro atoms. The number of rotatable bonds is 3. The molecule has 0 bridgehead atoms. The first kappa shape index (κ1) is 14.3. The van der Waals surface area contributed by atoms with Crippen LogP contribution in [-0.4, -0.2) is 20.6 Å². The predicted molar refractivity (Wildman–Crippen MR) is 87.0 cm³/mol. The minimum atomic E-state index is -0.869. The molecule has 4 heteroatoms. The molecule has 1 heterocycles. The van der Waals surface area contributed by atoms with E-state index in [1.54, 1.807) is 4.57 Å². The topological polar surface area (TPSA) is 55.1 Å². The van der Waals surface area contributed by atoms with Gasteiger partial charge in [-0.3, -0.25) is 4.79 Å². The molecule has 4 nitrogen and oxygen atoms in total. The lowest BCUT2D eigenvalue weighted by atomic mass is 10.1. The average Bonchev–Trinajstić information content (AvgIpc) is 2.77. The normalized spacial score (nSPS) is 11.0. The molecule has 0 saturated carbocycles. The van der Waals surface area contributed by atoms with Gasteiger partial charge < -0.3 is 9.67 Å². The van der Waals surface area contributed by atoms with Gasteiger partial charge in [-0.2, -0.15) is 0 Å². The van der Waals surface area contributed by atoms with Gasteiger partial charge in [-0.25, -0.2) is 4.98 Å². The number of aryl methyl sites for hydroxylation is 3. The predicted octanol–water partition coefficient (Wildman–Crippen LogP) is 3.71. The van der Waals surface area contributed by atoms with Crippen LogP contribution in [0.3, 0.4) is 0 Å². The van der Waals surface area contributed by atoms with Gasteiger partial charge in [0.1, 0.15) is 12.4 Å². The van der Waals surface area contributed by atoms with Crippen molar-refractivity contribution < 1.29 is 9.90 Å². The first-order chi connectivity index (χ1) is 10.5. The zero-order chi connectivity index (χ0) is 15.9. The molecule has 1 N–H and O–H groups in total. The molecule has 2 aromatic carbocycles. The van der Waals surface area contributed by atoms with E-state index in [2.05, 4.69) is 4.98 Å². The second-order valence-corrected chi connectivity index (χ2v) is 5.71. The molecule has 22 heavy (non-hydrogen) atoms. The zero-order valence-electron chi connectivity index (χ0n) is 12.9. The van der Waals surface area contributed by atoms with Crippen molar-refractivity contribution in [3.05, 3.63) is 53.1 Å². The Bertz CT molecular complexity index is 878. The first-order valence-corrected chi connectivity index (χ1v) is 7.22. The molecular formula is C18H18N2O2. The molecule has 0 aliphatic heterocycles. The van der Waals surface area contributed by atoms with Gasteiger partial charge in [0.2, 0.25) is 0 Å². The number of hydrogen-bond donors (Lipinski definition) is 1. The van der Waals surface area contributed by atoms with Crippen LogP contribution in [0, 0.1) is 20.8 Å². The van der Waals surface area contributed by atoms with Crippen molar-refractivity contribution in [2.45, 2.75) is 27.3 Å². The third-order valence-corrected chi connectivity index (χ3v) is 3.93. The van der Waals surface area contributed by atoms with E-state index < -0.39 is 5.97 Å². The van der Waals surface area contributed by atoms with Crippen LogP contribution < -0.4 is 0 Å². The Labute approximate surface area is 129 Å². The quantitative estimate of drug-likeness (QED) is 0.801. The summed E-state index contributed by atoms with van der Waals surface area (Å²) in [4.78, 5) is 15.9. The number of hydrogen-bond acceptors (Lipinski definition) is 2. The van der Waals surface area contributed by atoms with Crippen LogP contribution in [0.4, 0.5) is 0 Å². The number of carbonyl (C=O) groups is 1. The van der Waals surface area contributed by atoms with Crippen molar-refractivity contribution in [2.75, 3.05) is 0 Å². The van der Waals surface area contributed by atoms with Gasteiger partial charge in [0, 0.05) is 5.56 Å². The van der Waals surface area contributed by atoms with E-state index in [0.29, 0.717) is 5.82 Å². The summed E-state index contributed by atoms with van der Waals surface area (Å²) in [6, 6.07) is 12.0. The first-order valence-electron chi connectivity index (χ1n) is 7.22. The summed E-state index contributed by atoms with van der Waals surface area (Å²) < 4.78 is 1.78. The minimum Gasteiger partial charge on any atom is -0.480 e. The van der Waals surface area contributed by atoms with Crippen LogP contribution in [0.2, 0.25) is 0 Å². The molecule has 0 aliphatic carbocycles. The maximum absolute atomic E-state index is 11.3. The Morgan fingerprint density at radius 1 is 1.14 bits per heavy atom. The van der Waals surface area contributed by atoms with Crippen molar-refractivity contribution in [1.29, 1.82) is 0 Å². The van der Waals surface area contributed by atoms with Gasteiger partial charge in [-0.1, -0.05) is 23.8 Å². The number of benzene rings is 2. The summed E-state index contributed by atoms with van der Waals surface area (Å²) in [6.45, 7) is 5.99. The molecule has 0 fully saturated rings. The van der Waals surface area contributed by atoms with Crippen LogP contribution in [0.1, 0.15) is 16.7 Å². The van der Waals surface area contributed by atoms with E-state index in [1.807, 2.05) is 57.2 Å². The zero-order valence-corrected chi connectivity index (χ0v) is 12.9. The summed E-state index contributed by atoms with van der Waals surface area (Å²) in [5.41, 5.74) is 6.05. The highest BCUT2D eigenvalue weighted by atomic mass is 16.4. The third kappa shape index (κ3) is 2.48. The number of aromatic nitrogens is 2. The van der Waals surface area contributed by atoms with Crippen LogP contribution in [0.25, 0.3) is 22.4 Å². The number of carboxylic acid groups (broad SMARTS) is 1. The molecular weight excluding hydrogens is 276 g/mol. The monoisotopic (exact) mass is 294 g/mol. The number of aliphatic carboxylic acids is 1. The highest BCUT2D eigenvalue weighted by molar-refractivity contribution is 5.84. The highest BCUT2D eigenvalue weighted by Gasteiger charge is 2.15. The number of carboxylic acids is 1. The van der Waals surface area contributed by atoms with Crippen LogP contribution >= 0.6 is 0 Å². The molecule has 0 atom stereocenters. The summed E-state index contributed by atoms with van der Waals surface area (Å²) >= 11 is 0. The standard InChI is InChI=1S/C18H18N2O2/c1-11-5-4-6-14(7-11)18-19-15-8-12(2)13(3)9-16(15)20(18)10-17(21)22/h4-9H,10H2,1-3H3,(H,21,22). The van der Waals surface area contributed by atoms with Crippen LogP contribution in [0.5, 0.6) is 0 Å². The molecule has 3 rings (SSSR count). The second-order valence-electron chi connectivity index (χ2n) is 5.71. The molecule has 0 saturated heterocycles. The van der Waals surface area contributed by atoms with Gasteiger partial charge in [0.25, 0.3) is 0 Å². The SMILES string of the molecule is Cc1cccc(-c2nc3cc(C)c(C)cc3n2CC(=O)O)c1. The van der Waals surface area contributed by atoms with Gasteiger partial charge >= 0.3 is 5.97 Å². The van der Waals surface area contributed by atoms with Crippen molar-refractivity contribution in [1.82, 2.24) is 9.55 Å². The third-order valence-electron chi connectivity index (χ3n) is 3.93. The highest BCUT2D eigenvalue weighted by Crippen LogP contribution is 2.27. The van der Waals surface area contributed by atoms with E-state index in [-0.39, 0.29) is 6.54 Å². The average molecular weight is 294 g/mol. The number of fused-ring (bicyclic) bond motifs is 1. The molecule has 3 aromatic rings. The Kier molecular flexibility index (Phi) is 3.45. The fourth-order valence-corrected chi connectivity index (χ4v) is 2.68. The van der Waals surface area contributed by atoms with E-state index in [9.17, 15) is 9.90 Å². The minimum absolute atomic E-state index is 0.0950. The van der Waals surface area contributed by atoms with Crippen molar-refractivity contribution in [2.24, 2.45) is 0 Å². The number of imidazole rings is 1. The van der Waals surface area contributed by atoms with Gasteiger partial charge in [0.05, 0.1) is 11.0 Å². The lowest BCUT2D eigenvalue weighted by Crippen LogP contribution is -2.10. The summed E-state index contributed by atoms with van der Waals surface area (Å²) in [7, 11) is 0. The smallest absolute Gasteiger partial charge is 0.323 e. The van der Waals surface area contributed by atoms with Crippen molar-refractivity contribution in [3.63, 3.8) is 0 Å². The van der Waals surface area contributed by atoms with Gasteiger partial charge in [-0.15, -0.1) is 0 Å². The Hall–Kier alpha value is -2.62. The van der Waals surface area contributed by atoms with Crippen LogP contribution in [0.15, 0.2) is 36.4 Å².